The quantitative estimate of drug-likeness (QED) is 0.446. The number of benzene rings is 2. The van der Waals surface area contributed by atoms with Crippen LogP contribution in [0.15, 0.2) is 66.1 Å². The molecule has 2 aromatic carbocycles. The third-order valence-corrected chi connectivity index (χ3v) is 5.93. The number of nitrogens with zero attached hydrogens (tertiary/aromatic N) is 1. The average molecular weight is 449 g/mol. The highest BCUT2D eigenvalue weighted by Gasteiger charge is 2.26. The van der Waals surface area contributed by atoms with E-state index >= 15 is 0 Å². The van der Waals surface area contributed by atoms with Crippen molar-refractivity contribution in [1.29, 1.82) is 0 Å². The summed E-state index contributed by atoms with van der Waals surface area (Å²) >= 11 is 0. The number of methoxy groups -OCH3 is 1. The molecule has 7 nitrogen and oxygen atoms in total. The molecule has 0 radical (unpaired) electrons. The van der Waals surface area contributed by atoms with Gasteiger partial charge in [-0.15, -0.1) is 6.58 Å². The summed E-state index contributed by atoms with van der Waals surface area (Å²) in [5, 5.41) is 0. The van der Waals surface area contributed by atoms with Gasteiger partial charge in [0.2, 0.25) is 10.0 Å². The van der Waals surface area contributed by atoms with Crippen molar-refractivity contribution in [3.63, 3.8) is 0 Å². The molecule has 1 amide bonds. The highest BCUT2D eigenvalue weighted by atomic mass is 32.2. The molecule has 1 N–H and O–H groups in total. The molecular weight excluding hydrogens is 423 g/mol. The second kappa shape index (κ2) is 10.8. The number of halogens is 1. The summed E-state index contributed by atoms with van der Waals surface area (Å²) in [5.41, 5.74) is 0.795. The molecule has 1 atom stereocenters. The van der Waals surface area contributed by atoms with E-state index in [0.29, 0.717) is 0 Å². The fraction of sp³-hybridized carbons (Fsp3) is 0.273. The van der Waals surface area contributed by atoms with Gasteiger partial charge in [0, 0.05) is 25.2 Å². The van der Waals surface area contributed by atoms with Crippen LogP contribution in [-0.4, -0.2) is 45.4 Å². The number of hydrogen-bond donors (Lipinski definition) is 1. The van der Waals surface area contributed by atoms with Gasteiger partial charge in [-0.25, -0.2) is 17.5 Å². The van der Waals surface area contributed by atoms with Gasteiger partial charge in [0.1, 0.15) is 10.7 Å². The molecule has 0 heterocycles. The molecule has 0 spiro atoms. The lowest BCUT2D eigenvalue weighted by Gasteiger charge is -2.25. The molecule has 1 unspecified atom stereocenters. The van der Waals surface area contributed by atoms with E-state index in [2.05, 4.69) is 11.3 Å². The minimum atomic E-state index is -4.18. The van der Waals surface area contributed by atoms with Crippen molar-refractivity contribution in [2.45, 2.75) is 18.4 Å². The summed E-state index contributed by atoms with van der Waals surface area (Å²) in [6.07, 6.45) is 1.32. The van der Waals surface area contributed by atoms with Gasteiger partial charge in [-0.1, -0.05) is 43.3 Å². The predicted molar refractivity (Wildman–Crippen MR) is 114 cm³/mol. The van der Waals surface area contributed by atoms with Gasteiger partial charge in [0.25, 0.3) is 5.91 Å². The Bertz CT molecular complexity index is 1040. The number of carbonyl (C=O) groups excluding carboxylic acids is 2. The first-order chi connectivity index (χ1) is 14.7. The summed E-state index contributed by atoms with van der Waals surface area (Å²) < 4.78 is 45.9. The molecule has 0 saturated carbocycles. The molecule has 0 bridgehead atoms. The van der Waals surface area contributed by atoms with Crippen molar-refractivity contribution >= 4 is 21.9 Å². The summed E-state index contributed by atoms with van der Waals surface area (Å²) in [7, 11) is -2.92. The third kappa shape index (κ3) is 6.47. The fourth-order valence-electron chi connectivity index (χ4n) is 2.90. The van der Waals surface area contributed by atoms with Crippen molar-refractivity contribution in [3.05, 3.63) is 78.1 Å². The lowest BCUT2D eigenvalue weighted by atomic mass is 10.1. The van der Waals surface area contributed by atoms with E-state index in [1.807, 2.05) is 30.3 Å². The number of amides is 1. The van der Waals surface area contributed by atoms with E-state index in [1.54, 1.807) is 6.92 Å². The van der Waals surface area contributed by atoms with Crippen LogP contribution < -0.4 is 4.72 Å². The smallest absolute Gasteiger partial charge is 0.310 e. The molecule has 166 valence electrons. The molecule has 9 heteroatoms. The molecular formula is C22H25FN2O5S. The summed E-state index contributed by atoms with van der Waals surface area (Å²) in [6, 6.07) is 12.2. The zero-order chi connectivity index (χ0) is 23.0. The standard InChI is InChI=1S/C22H25FN2O5S/c1-4-12-24-31(28,29)20-13-18(10-11-19(20)23)21(26)25(14-16(2)22(27)30-3)15-17-8-6-5-7-9-17/h4-11,13,16,24H,1,12,14-15H2,2-3H3. The number of ether oxygens (including phenoxy) is 1. The average Bonchev–Trinajstić information content (AvgIpc) is 2.77. The maximum Gasteiger partial charge on any atom is 0.310 e. The number of hydrogen-bond acceptors (Lipinski definition) is 5. The summed E-state index contributed by atoms with van der Waals surface area (Å²) in [4.78, 5) is 25.9. The highest BCUT2D eigenvalue weighted by molar-refractivity contribution is 7.89. The van der Waals surface area contributed by atoms with E-state index in [0.717, 1.165) is 17.7 Å². The molecule has 0 aliphatic carbocycles. The van der Waals surface area contributed by atoms with Crippen molar-refractivity contribution < 1.29 is 27.1 Å². The van der Waals surface area contributed by atoms with E-state index in [1.165, 1.54) is 24.2 Å². The molecule has 2 rings (SSSR count). The van der Waals surface area contributed by atoms with Crippen molar-refractivity contribution in [3.8, 4) is 0 Å². The van der Waals surface area contributed by atoms with Crippen LogP contribution in [0, 0.1) is 11.7 Å². The third-order valence-electron chi connectivity index (χ3n) is 4.49. The SMILES string of the molecule is C=CCNS(=O)(=O)c1cc(C(=O)N(Cc2ccccc2)CC(C)C(=O)OC)ccc1F. The van der Waals surface area contributed by atoms with Gasteiger partial charge in [-0.2, -0.15) is 0 Å². The zero-order valence-corrected chi connectivity index (χ0v) is 18.2. The van der Waals surface area contributed by atoms with Crippen LogP contribution in [0.4, 0.5) is 4.39 Å². The Morgan fingerprint density at radius 1 is 1.23 bits per heavy atom. The number of nitrogens with one attached hydrogen (secondary N) is 1. The Labute approximate surface area is 181 Å². The predicted octanol–water partition coefficient (Wildman–Crippen LogP) is 2.74. The monoisotopic (exact) mass is 448 g/mol. The Hall–Kier alpha value is -3.04. The first-order valence-corrected chi connectivity index (χ1v) is 11.0. The normalized spacial score (nSPS) is 12.1. The molecule has 2 aromatic rings. The number of rotatable bonds is 10. The Kier molecular flexibility index (Phi) is 8.47. The number of sulfonamides is 1. The number of carbonyl (C=O) groups is 2. The van der Waals surface area contributed by atoms with Crippen LogP contribution in [-0.2, 0) is 26.1 Å². The molecule has 0 aromatic heterocycles. The van der Waals surface area contributed by atoms with Crippen LogP contribution in [0.2, 0.25) is 0 Å². The van der Waals surface area contributed by atoms with Crippen LogP contribution in [0.5, 0.6) is 0 Å². The largest absolute Gasteiger partial charge is 0.469 e. The Morgan fingerprint density at radius 3 is 2.52 bits per heavy atom. The van der Waals surface area contributed by atoms with Crippen LogP contribution in [0.1, 0.15) is 22.8 Å². The van der Waals surface area contributed by atoms with E-state index in [-0.39, 0.29) is 25.2 Å². The molecule has 0 saturated heterocycles. The van der Waals surface area contributed by atoms with Crippen LogP contribution in [0.25, 0.3) is 0 Å². The van der Waals surface area contributed by atoms with Crippen LogP contribution in [0.3, 0.4) is 0 Å². The molecule has 0 fully saturated rings. The zero-order valence-electron chi connectivity index (χ0n) is 17.4. The maximum absolute atomic E-state index is 14.2. The summed E-state index contributed by atoms with van der Waals surface area (Å²) in [5.74, 6) is -2.62. The maximum atomic E-state index is 14.2. The highest BCUT2D eigenvalue weighted by Crippen LogP contribution is 2.19. The van der Waals surface area contributed by atoms with Gasteiger partial charge in [0.05, 0.1) is 13.0 Å². The van der Waals surface area contributed by atoms with Crippen molar-refractivity contribution in [2.75, 3.05) is 20.2 Å². The topological polar surface area (TPSA) is 92.8 Å². The Morgan fingerprint density at radius 2 is 1.90 bits per heavy atom. The minimum absolute atomic E-state index is 0.0200. The Balaban J connectivity index is 2.40. The minimum Gasteiger partial charge on any atom is -0.469 e. The first-order valence-electron chi connectivity index (χ1n) is 9.50. The van der Waals surface area contributed by atoms with E-state index in [9.17, 15) is 22.4 Å². The van der Waals surface area contributed by atoms with E-state index in [4.69, 9.17) is 4.74 Å². The van der Waals surface area contributed by atoms with Gasteiger partial charge in [-0.3, -0.25) is 9.59 Å². The lowest BCUT2D eigenvalue weighted by molar-refractivity contribution is -0.145. The van der Waals surface area contributed by atoms with Gasteiger partial charge >= 0.3 is 5.97 Å². The second-order valence-corrected chi connectivity index (χ2v) is 8.62. The lowest BCUT2D eigenvalue weighted by Crippen LogP contribution is -2.37. The van der Waals surface area contributed by atoms with Gasteiger partial charge < -0.3 is 9.64 Å². The van der Waals surface area contributed by atoms with Crippen molar-refractivity contribution in [1.82, 2.24) is 9.62 Å². The first kappa shape index (κ1) is 24.2. The number of esters is 1. The van der Waals surface area contributed by atoms with Crippen LogP contribution >= 0.6 is 0 Å². The van der Waals surface area contributed by atoms with Gasteiger partial charge in [-0.05, 0) is 23.8 Å². The van der Waals surface area contributed by atoms with Crippen molar-refractivity contribution in [2.24, 2.45) is 5.92 Å². The molecule has 0 aliphatic heterocycles. The van der Waals surface area contributed by atoms with Gasteiger partial charge in [0.15, 0.2) is 0 Å². The molecule has 31 heavy (non-hydrogen) atoms. The molecule has 0 aliphatic rings. The summed E-state index contributed by atoms with van der Waals surface area (Å²) in [6.45, 7) is 5.17. The second-order valence-electron chi connectivity index (χ2n) is 6.88. The van der Waals surface area contributed by atoms with E-state index < -0.39 is 38.5 Å². The fourth-order valence-corrected chi connectivity index (χ4v) is 4.00.